The number of aryl methyl sites for hydroxylation is 2. The maximum Gasteiger partial charge on any atom is 0.409 e. The lowest BCUT2D eigenvalue weighted by Crippen LogP contribution is -2.37. The minimum atomic E-state index is -2.62. The van der Waals surface area contributed by atoms with Gasteiger partial charge < -0.3 is 19.3 Å². The van der Waals surface area contributed by atoms with E-state index in [0.29, 0.717) is 30.1 Å². The fraction of sp³-hybridized carbons (Fsp3) is 0.467. The Morgan fingerprint density at radius 3 is 2.62 bits per heavy atom. The summed E-state index contributed by atoms with van der Waals surface area (Å²) in [5.41, 5.74) is 7.70. The summed E-state index contributed by atoms with van der Waals surface area (Å²) in [4.78, 5) is 16.4. The van der Waals surface area contributed by atoms with Crippen LogP contribution in [0.1, 0.15) is 59.4 Å². The van der Waals surface area contributed by atoms with Gasteiger partial charge in [0, 0.05) is 62.0 Å². The van der Waals surface area contributed by atoms with Crippen molar-refractivity contribution in [3.63, 3.8) is 0 Å². The van der Waals surface area contributed by atoms with Gasteiger partial charge in [-0.25, -0.2) is 13.6 Å². The lowest BCUT2D eigenvalue weighted by Gasteiger charge is -2.38. The van der Waals surface area contributed by atoms with Crippen molar-refractivity contribution >= 4 is 17.5 Å². The Labute approximate surface area is 227 Å². The monoisotopic (exact) mass is 536 g/mol. The van der Waals surface area contributed by atoms with Crippen LogP contribution in [0.25, 0.3) is 11.1 Å². The summed E-state index contributed by atoms with van der Waals surface area (Å²) >= 11 is 0. The zero-order valence-electron chi connectivity index (χ0n) is 22.5. The molecule has 1 fully saturated rings. The lowest BCUT2D eigenvalue weighted by atomic mass is 9.85. The minimum absolute atomic E-state index is 0.0132. The molecule has 4 heterocycles. The fourth-order valence-electron chi connectivity index (χ4n) is 6.35. The number of alkyl halides is 2. The minimum Gasteiger partial charge on any atom is -0.453 e. The Morgan fingerprint density at radius 2 is 1.90 bits per heavy atom. The molecule has 3 aliphatic heterocycles. The molecule has 9 heteroatoms. The number of hydrogen-bond acceptors (Lipinski definition) is 5. The van der Waals surface area contributed by atoms with Gasteiger partial charge in [0.15, 0.2) is 0 Å². The number of carbonyl (C=O) groups excluding carboxylic acids is 1. The normalized spacial score (nSPS) is 17.8. The van der Waals surface area contributed by atoms with Crippen LogP contribution in [0.15, 0.2) is 36.7 Å². The molecule has 1 saturated heterocycles. The second-order valence-electron chi connectivity index (χ2n) is 10.7. The molecule has 2 aromatic carbocycles. The molecule has 0 radical (unpaired) electrons. The van der Waals surface area contributed by atoms with E-state index in [1.807, 2.05) is 6.07 Å². The average Bonchev–Trinajstić information content (AvgIpc) is 3.41. The van der Waals surface area contributed by atoms with Gasteiger partial charge in [0.2, 0.25) is 0 Å². The SMILES string of the molecule is COC(=O)N1CCc2cc(C3CCOCC3)cc(N3CCCc4cc(-c5cnn(C)c5)c(C(F)F)cc43)c2C1. The number of fused-ring (bicyclic) bond motifs is 2. The maximum absolute atomic E-state index is 14.5. The molecule has 0 atom stereocenters. The van der Waals surface area contributed by atoms with Crippen molar-refractivity contribution in [2.24, 2.45) is 7.05 Å². The van der Waals surface area contributed by atoms with Gasteiger partial charge >= 0.3 is 6.09 Å². The van der Waals surface area contributed by atoms with E-state index < -0.39 is 6.43 Å². The predicted octanol–water partition coefficient (Wildman–Crippen LogP) is 6.13. The molecule has 3 aliphatic rings. The van der Waals surface area contributed by atoms with Crippen molar-refractivity contribution in [1.82, 2.24) is 14.7 Å². The first-order valence-electron chi connectivity index (χ1n) is 13.7. The van der Waals surface area contributed by atoms with Crippen molar-refractivity contribution < 1.29 is 23.0 Å². The van der Waals surface area contributed by atoms with Crippen molar-refractivity contribution in [3.8, 4) is 11.1 Å². The number of amides is 1. The van der Waals surface area contributed by atoms with E-state index in [0.717, 1.165) is 74.4 Å². The quantitative estimate of drug-likeness (QED) is 0.402. The third kappa shape index (κ3) is 4.88. The van der Waals surface area contributed by atoms with Gasteiger partial charge in [-0.2, -0.15) is 5.10 Å². The molecule has 0 aliphatic carbocycles. The Morgan fingerprint density at radius 1 is 1.08 bits per heavy atom. The van der Waals surface area contributed by atoms with Crippen LogP contribution in [-0.4, -0.2) is 54.2 Å². The molecule has 39 heavy (non-hydrogen) atoms. The number of anilines is 2. The maximum atomic E-state index is 14.5. The van der Waals surface area contributed by atoms with Crippen LogP contribution >= 0.6 is 0 Å². The highest BCUT2D eigenvalue weighted by molar-refractivity contribution is 5.79. The summed E-state index contributed by atoms with van der Waals surface area (Å²) in [5, 5.41) is 4.21. The zero-order valence-corrected chi connectivity index (χ0v) is 22.5. The Bertz CT molecular complexity index is 1380. The highest BCUT2D eigenvalue weighted by atomic mass is 19.3. The largest absolute Gasteiger partial charge is 0.453 e. The van der Waals surface area contributed by atoms with Gasteiger partial charge in [-0.15, -0.1) is 0 Å². The molecule has 1 amide bonds. The smallest absolute Gasteiger partial charge is 0.409 e. The van der Waals surface area contributed by atoms with Crippen molar-refractivity contribution in [1.29, 1.82) is 0 Å². The van der Waals surface area contributed by atoms with Crippen molar-refractivity contribution in [3.05, 3.63) is 64.5 Å². The first-order chi connectivity index (χ1) is 18.9. The van der Waals surface area contributed by atoms with E-state index in [4.69, 9.17) is 9.47 Å². The van der Waals surface area contributed by atoms with Crippen LogP contribution in [-0.2, 0) is 35.9 Å². The molecule has 3 aromatic rings. The Balaban J connectivity index is 1.48. The van der Waals surface area contributed by atoms with Crippen LogP contribution < -0.4 is 4.90 Å². The van der Waals surface area contributed by atoms with Gasteiger partial charge in [-0.1, -0.05) is 6.07 Å². The number of nitrogens with zero attached hydrogens (tertiary/aromatic N) is 4. The summed E-state index contributed by atoms with van der Waals surface area (Å²) in [6.07, 6.45) is 4.85. The van der Waals surface area contributed by atoms with E-state index >= 15 is 0 Å². The van der Waals surface area contributed by atoms with E-state index in [1.54, 1.807) is 35.1 Å². The van der Waals surface area contributed by atoms with Crippen LogP contribution in [0, 0.1) is 0 Å². The van der Waals surface area contributed by atoms with Gasteiger partial charge in [-0.05, 0) is 84.0 Å². The number of methoxy groups -OCH3 is 1. The number of aromatic nitrogens is 2. The molecule has 0 bridgehead atoms. The molecule has 7 nitrogen and oxygen atoms in total. The number of hydrogen-bond donors (Lipinski definition) is 0. The van der Waals surface area contributed by atoms with Crippen LogP contribution in [0.3, 0.4) is 0 Å². The summed E-state index contributed by atoms with van der Waals surface area (Å²) in [6, 6.07) is 8.14. The standard InChI is InChI=1S/C30H34F2N4O3/c1-34-17-23(16-33-34)24-13-21-4-3-8-36(27(21)15-25(24)29(31)32)28-14-22(19-6-10-39-11-7-19)12-20-5-9-35(18-26(20)28)30(37)38-2/h12-17,19,29H,3-11,18H2,1-2H3. The van der Waals surface area contributed by atoms with Crippen LogP contribution in [0.2, 0.25) is 0 Å². The number of carbonyl (C=O) groups is 1. The third-order valence-electron chi connectivity index (χ3n) is 8.38. The van der Waals surface area contributed by atoms with Crippen molar-refractivity contribution in [2.75, 3.05) is 38.3 Å². The second-order valence-corrected chi connectivity index (χ2v) is 10.7. The molecule has 0 N–H and O–H groups in total. The molecule has 6 rings (SSSR count). The molecule has 206 valence electrons. The second kappa shape index (κ2) is 10.6. The van der Waals surface area contributed by atoms with Gasteiger partial charge in [-0.3, -0.25) is 4.68 Å². The Hall–Kier alpha value is -3.46. The molecular weight excluding hydrogens is 502 g/mol. The highest BCUT2D eigenvalue weighted by Gasteiger charge is 2.31. The van der Waals surface area contributed by atoms with Gasteiger partial charge in [0.05, 0.1) is 19.9 Å². The predicted molar refractivity (Wildman–Crippen MR) is 145 cm³/mol. The summed E-state index contributed by atoms with van der Waals surface area (Å²) in [7, 11) is 3.19. The van der Waals surface area contributed by atoms with E-state index in [2.05, 4.69) is 22.1 Å². The third-order valence-corrected chi connectivity index (χ3v) is 8.38. The summed E-state index contributed by atoms with van der Waals surface area (Å²) in [6.45, 7) is 3.25. The first kappa shape index (κ1) is 25.8. The fourth-order valence-corrected chi connectivity index (χ4v) is 6.35. The molecule has 0 saturated carbocycles. The average molecular weight is 537 g/mol. The van der Waals surface area contributed by atoms with Crippen LogP contribution in [0.5, 0.6) is 0 Å². The number of benzene rings is 2. The molecule has 1 aromatic heterocycles. The number of rotatable bonds is 4. The topological polar surface area (TPSA) is 59.8 Å². The molecule has 0 spiro atoms. The highest BCUT2D eigenvalue weighted by Crippen LogP contribution is 2.44. The molecular formula is C30H34F2N4O3. The summed E-state index contributed by atoms with van der Waals surface area (Å²) in [5.74, 6) is 0.398. The van der Waals surface area contributed by atoms with E-state index in [-0.39, 0.29) is 11.7 Å². The summed E-state index contributed by atoms with van der Waals surface area (Å²) < 4.78 is 41.2. The number of ether oxygens (including phenoxy) is 2. The van der Waals surface area contributed by atoms with E-state index in [9.17, 15) is 13.6 Å². The lowest BCUT2D eigenvalue weighted by molar-refractivity contribution is 0.0853. The Kier molecular flexibility index (Phi) is 7.01. The van der Waals surface area contributed by atoms with Gasteiger partial charge in [0.1, 0.15) is 0 Å². The van der Waals surface area contributed by atoms with Gasteiger partial charge in [0.25, 0.3) is 6.43 Å². The van der Waals surface area contributed by atoms with E-state index in [1.165, 1.54) is 18.2 Å². The zero-order chi connectivity index (χ0) is 27.1. The molecule has 0 unspecified atom stereocenters. The van der Waals surface area contributed by atoms with Crippen LogP contribution in [0.4, 0.5) is 25.0 Å². The first-order valence-corrected chi connectivity index (χ1v) is 13.7. The number of halogens is 2. The van der Waals surface area contributed by atoms with Crippen molar-refractivity contribution in [2.45, 2.75) is 51.0 Å².